The van der Waals surface area contributed by atoms with Crippen molar-refractivity contribution in [2.24, 2.45) is 0 Å². The zero-order valence-electron chi connectivity index (χ0n) is 10.7. The smallest absolute Gasteiger partial charge is 0.253 e. The predicted octanol–water partition coefficient (Wildman–Crippen LogP) is 1.57. The summed E-state index contributed by atoms with van der Waals surface area (Å²) in [6.07, 6.45) is 0.777. The van der Waals surface area contributed by atoms with Crippen LogP contribution in [0.1, 0.15) is 16.8 Å². The van der Waals surface area contributed by atoms with Gasteiger partial charge in [0.15, 0.2) is 0 Å². The monoisotopic (exact) mass is 328 g/mol. The molecule has 5 nitrogen and oxygen atoms in total. The fourth-order valence-corrected chi connectivity index (χ4v) is 2.42. The first-order chi connectivity index (χ1) is 9.06. The zero-order valence-corrected chi connectivity index (χ0v) is 12.3. The van der Waals surface area contributed by atoms with Gasteiger partial charge in [0.2, 0.25) is 0 Å². The summed E-state index contributed by atoms with van der Waals surface area (Å²) in [5.74, 6) is -0.201. The van der Waals surface area contributed by atoms with E-state index in [1.807, 2.05) is 0 Å². The summed E-state index contributed by atoms with van der Waals surface area (Å²) in [6.45, 7) is 1.57. The topological polar surface area (TPSA) is 73.6 Å². The van der Waals surface area contributed by atoms with Crippen molar-refractivity contribution in [1.82, 2.24) is 5.32 Å². The second kappa shape index (κ2) is 5.90. The summed E-state index contributed by atoms with van der Waals surface area (Å²) in [5, 5.41) is 2.85. The first-order valence-electron chi connectivity index (χ1n) is 6.02. The number of methoxy groups -OCH3 is 1. The van der Waals surface area contributed by atoms with E-state index >= 15 is 0 Å². The summed E-state index contributed by atoms with van der Waals surface area (Å²) < 4.78 is 11.6. The molecule has 2 rings (SSSR count). The van der Waals surface area contributed by atoms with Crippen molar-refractivity contribution in [3.63, 3.8) is 0 Å². The molecule has 1 aliphatic heterocycles. The van der Waals surface area contributed by atoms with E-state index in [-0.39, 0.29) is 5.91 Å². The van der Waals surface area contributed by atoms with Crippen LogP contribution < -0.4 is 11.1 Å². The molecule has 1 heterocycles. The first-order valence-corrected chi connectivity index (χ1v) is 6.82. The Morgan fingerprint density at radius 2 is 2.42 bits per heavy atom. The van der Waals surface area contributed by atoms with Crippen LogP contribution >= 0.6 is 15.9 Å². The highest BCUT2D eigenvalue weighted by Gasteiger charge is 2.35. The molecule has 1 unspecified atom stereocenters. The van der Waals surface area contributed by atoms with Crippen molar-refractivity contribution in [3.8, 4) is 0 Å². The van der Waals surface area contributed by atoms with Crippen LogP contribution in [0.25, 0.3) is 0 Å². The molecule has 1 aromatic rings. The Bertz CT molecular complexity index is 473. The zero-order chi connectivity index (χ0) is 13.9. The van der Waals surface area contributed by atoms with Crippen LogP contribution in [0, 0.1) is 0 Å². The molecule has 1 atom stereocenters. The van der Waals surface area contributed by atoms with Crippen LogP contribution in [-0.4, -0.2) is 38.4 Å². The molecule has 19 heavy (non-hydrogen) atoms. The Morgan fingerprint density at radius 3 is 3.00 bits per heavy atom. The standard InChI is InChI=1S/C13H17BrN2O3/c1-18-13(4-5-19-8-13)7-16-12(17)10-3-2-9(14)6-11(10)15/h2-3,6H,4-5,7-8,15H2,1H3,(H,16,17). The molecular formula is C13H17BrN2O3. The van der Waals surface area contributed by atoms with Crippen molar-refractivity contribution < 1.29 is 14.3 Å². The lowest BCUT2D eigenvalue weighted by Gasteiger charge is -2.26. The van der Waals surface area contributed by atoms with Gasteiger partial charge in [-0.05, 0) is 18.2 Å². The third-order valence-electron chi connectivity index (χ3n) is 3.33. The van der Waals surface area contributed by atoms with E-state index in [4.69, 9.17) is 15.2 Å². The summed E-state index contributed by atoms with van der Waals surface area (Å²) in [7, 11) is 1.63. The maximum absolute atomic E-state index is 12.1. The molecule has 0 bridgehead atoms. The van der Waals surface area contributed by atoms with E-state index in [0.717, 1.165) is 10.9 Å². The number of rotatable bonds is 4. The number of carbonyl (C=O) groups excluding carboxylic acids is 1. The van der Waals surface area contributed by atoms with Gasteiger partial charge in [0.25, 0.3) is 5.91 Å². The molecule has 1 aromatic carbocycles. The number of hydrogen-bond acceptors (Lipinski definition) is 4. The average Bonchev–Trinajstić information content (AvgIpc) is 2.85. The summed E-state index contributed by atoms with van der Waals surface area (Å²) >= 11 is 3.31. The van der Waals surface area contributed by atoms with Crippen molar-refractivity contribution in [3.05, 3.63) is 28.2 Å². The quantitative estimate of drug-likeness (QED) is 0.823. The van der Waals surface area contributed by atoms with Gasteiger partial charge in [-0.3, -0.25) is 4.79 Å². The van der Waals surface area contributed by atoms with Gasteiger partial charge < -0.3 is 20.5 Å². The molecule has 1 amide bonds. The second-order valence-electron chi connectivity index (χ2n) is 4.60. The number of nitrogens with two attached hydrogens (primary N) is 1. The maximum Gasteiger partial charge on any atom is 0.253 e. The maximum atomic E-state index is 12.1. The number of nitrogen functional groups attached to an aromatic ring is 1. The fourth-order valence-electron chi connectivity index (χ4n) is 2.04. The van der Waals surface area contributed by atoms with E-state index in [9.17, 15) is 4.79 Å². The number of carbonyl (C=O) groups is 1. The molecule has 0 aliphatic carbocycles. The number of nitrogens with one attached hydrogen (secondary N) is 1. The third-order valence-corrected chi connectivity index (χ3v) is 3.82. The van der Waals surface area contributed by atoms with Crippen LogP contribution in [0.2, 0.25) is 0 Å². The van der Waals surface area contributed by atoms with Crippen molar-refractivity contribution >= 4 is 27.5 Å². The second-order valence-corrected chi connectivity index (χ2v) is 5.52. The van der Waals surface area contributed by atoms with Gasteiger partial charge >= 0.3 is 0 Å². The van der Waals surface area contributed by atoms with Gasteiger partial charge in [-0.2, -0.15) is 0 Å². The Balaban J connectivity index is 2.01. The SMILES string of the molecule is COC1(CNC(=O)c2ccc(Br)cc2N)CCOC1. The molecule has 0 radical (unpaired) electrons. The lowest BCUT2D eigenvalue weighted by molar-refractivity contribution is -0.0148. The van der Waals surface area contributed by atoms with Crippen molar-refractivity contribution in [2.75, 3.05) is 32.6 Å². The van der Waals surface area contributed by atoms with Gasteiger partial charge in [0, 0.05) is 36.8 Å². The van der Waals surface area contributed by atoms with Gasteiger partial charge in [-0.25, -0.2) is 0 Å². The van der Waals surface area contributed by atoms with Crippen LogP contribution in [-0.2, 0) is 9.47 Å². The van der Waals surface area contributed by atoms with Crippen LogP contribution in [0.3, 0.4) is 0 Å². The molecule has 1 saturated heterocycles. The van der Waals surface area contributed by atoms with E-state index in [1.54, 1.807) is 25.3 Å². The lowest BCUT2D eigenvalue weighted by atomic mass is 10.0. The molecule has 0 aromatic heterocycles. The van der Waals surface area contributed by atoms with Gasteiger partial charge in [0.1, 0.15) is 5.60 Å². The normalized spacial score (nSPS) is 22.4. The Labute approximate surface area is 120 Å². The Morgan fingerprint density at radius 1 is 1.63 bits per heavy atom. The summed E-state index contributed by atoms with van der Waals surface area (Å²) in [5.41, 5.74) is 6.32. The van der Waals surface area contributed by atoms with Crippen LogP contribution in [0.15, 0.2) is 22.7 Å². The molecule has 0 spiro atoms. The highest BCUT2D eigenvalue weighted by atomic mass is 79.9. The molecule has 6 heteroatoms. The number of halogens is 1. The van der Waals surface area contributed by atoms with E-state index < -0.39 is 5.60 Å². The molecule has 0 saturated carbocycles. The Hall–Kier alpha value is -1.11. The number of benzene rings is 1. The number of anilines is 1. The van der Waals surface area contributed by atoms with E-state index in [2.05, 4.69) is 21.2 Å². The van der Waals surface area contributed by atoms with Gasteiger partial charge in [-0.15, -0.1) is 0 Å². The minimum atomic E-state index is -0.417. The van der Waals surface area contributed by atoms with E-state index in [1.165, 1.54) is 0 Å². The molecule has 104 valence electrons. The van der Waals surface area contributed by atoms with Crippen LogP contribution in [0.4, 0.5) is 5.69 Å². The highest BCUT2D eigenvalue weighted by molar-refractivity contribution is 9.10. The Kier molecular flexibility index (Phi) is 4.44. The molecule has 3 N–H and O–H groups in total. The minimum Gasteiger partial charge on any atom is -0.398 e. The number of hydrogen-bond donors (Lipinski definition) is 2. The predicted molar refractivity (Wildman–Crippen MR) is 76.1 cm³/mol. The lowest BCUT2D eigenvalue weighted by Crippen LogP contribution is -2.45. The summed E-state index contributed by atoms with van der Waals surface area (Å²) in [4.78, 5) is 12.1. The average molecular weight is 329 g/mol. The third kappa shape index (κ3) is 3.26. The van der Waals surface area contributed by atoms with Gasteiger partial charge in [0.05, 0.1) is 12.2 Å². The summed E-state index contributed by atoms with van der Waals surface area (Å²) in [6, 6.07) is 5.19. The van der Waals surface area contributed by atoms with Crippen molar-refractivity contribution in [1.29, 1.82) is 0 Å². The molecular weight excluding hydrogens is 312 g/mol. The fraction of sp³-hybridized carbons (Fsp3) is 0.462. The van der Waals surface area contributed by atoms with Crippen molar-refractivity contribution in [2.45, 2.75) is 12.0 Å². The molecule has 1 aliphatic rings. The van der Waals surface area contributed by atoms with Gasteiger partial charge in [-0.1, -0.05) is 15.9 Å². The number of ether oxygens (including phenoxy) is 2. The minimum absolute atomic E-state index is 0.201. The van der Waals surface area contributed by atoms with E-state index in [0.29, 0.717) is 31.0 Å². The number of amides is 1. The highest BCUT2D eigenvalue weighted by Crippen LogP contribution is 2.22. The van der Waals surface area contributed by atoms with Crippen LogP contribution in [0.5, 0.6) is 0 Å². The molecule has 1 fully saturated rings. The largest absolute Gasteiger partial charge is 0.398 e. The first kappa shape index (κ1) is 14.3.